The third kappa shape index (κ3) is 3.74. The Bertz CT molecular complexity index is 838. The maximum Gasteiger partial charge on any atom is 0.352 e. The lowest BCUT2D eigenvalue weighted by Crippen LogP contribution is -2.70. The number of aromatic nitrogens is 1. The summed E-state index contributed by atoms with van der Waals surface area (Å²) in [6, 6.07) is -0.899. The van der Waals surface area contributed by atoms with Crippen molar-refractivity contribution in [3.8, 4) is 0 Å². The number of oxime groups is 1. The average Bonchev–Trinajstić information content (AvgIpc) is 3.08. The van der Waals surface area contributed by atoms with Crippen LogP contribution in [0.1, 0.15) is 5.69 Å². The van der Waals surface area contributed by atoms with Crippen molar-refractivity contribution >= 4 is 51.7 Å². The van der Waals surface area contributed by atoms with Crippen LogP contribution in [0.25, 0.3) is 0 Å². The quantitative estimate of drug-likeness (QED) is 0.186. The predicted octanol–water partition coefficient (Wildman–Crippen LogP) is -1.19. The molecule has 2 amide bonds. The van der Waals surface area contributed by atoms with Crippen molar-refractivity contribution in [3.63, 3.8) is 0 Å². The first-order valence-electron chi connectivity index (χ1n) is 7.65. The molecule has 0 bridgehead atoms. The Morgan fingerprint density at radius 1 is 1.52 bits per heavy atom. The minimum absolute atomic E-state index is 0.0957. The molecule has 3 rings (SSSR count). The normalized spacial score (nSPS) is 21.8. The Balaban J connectivity index is 1.75. The number of nitrogens with zero attached hydrogens (tertiary/aromatic N) is 3. The van der Waals surface area contributed by atoms with Crippen LogP contribution in [0.15, 0.2) is 22.3 Å². The Labute approximate surface area is 160 Å². The number of carboxylic acids is 1. The molecule has 2 atom stereocenters. The van der Waals surface area contributed by atoms with E-state index in [-0.39, 0.29) is 35.4 Å². The lowest BCUT2D eigenvalue weighted by Gasteiger charge is -2.48. The lowest BCUT2D eigenvalue weighted by molar-refractivity contribution is -0.150. The number of carboxylic acid groups (broad SMARTS) is 1. The van der Waals surface area contributed by atoms with E-state index in [0.717, 1.165) is 16.2 Å². The molecular weight excluding hydrogens is 398 g/mol. The fraction of sp³-hybridized carbons (Fsp3) is 0.357. The van der Waals surface area contributed by atoms with Crippen LogP contribution >= 0.6 is 23.1 Å². The number of nitrogens with one attached hydrogen (secondary N) is 1. The largest absolute Gasteiger partial charge is 0.477 e. The van der Waals surface area contributed by atoms with Gasteiger partial charge in [-0.3, -0.25) is 14.5 Å². The fourth-order valence-electron chi connectivity index (χ4n) is 2.50. The molecule has 144 valence electrons. The van der Waals surface area contributed by atoms with Gasteiger partial charge in [-0.05, 0) is 6.08 Å². The van der Waals surface area contributed by atoms with E-state index >= 15 is 0 Å². The maximum absolute atomic E-state index is 12.6. The van der Waals surface area contributed by atoms with E-state index in [1.807, 2.05) is 0 Å². The van der Waals surface area contributed by atoms with Crippen molar-refractivity contribution in [3.05, 3.63) is 22.8 Å². The molecule has 13 heteroatoms. The van der Waals surface area contributed by atoms with Gasteiger partial charge in [-0.1, -0.05) is 5.16 Å². The average molecular weight is 413 g/mol. The number of β-lactam (4-membered cyclic amide) rings is 1. The Hall–Kier alpha value is -2.64. The van der Waals surface area contributed by atoms with Crippen LogP contribution in [0.3, 0.4) is 0 Å². The van der Waals surface area contributed by atoms with Gasteiger partial charge in [-0.2, -0.15) is 0 Å². The summed E-state index contributed by atoms with van der Waals surface area (Å²) in [5.74, 6) is -2.03. The van der Waals surface area contributed by atoms with Gasteiger partial charge in [0.15, 0.2) is 10.8 Å². The first-order valence-corrected chi connectivity index (χ1v) is 9.58. The number of hydrogen-bond acceptors (Lipinski definition) is 10. The lowest BCUT2D eigenvalue weighted by atomic mass is 10.0. The molecule has 2 aliphatic rings. The number of fused-ring (bicyclic) bond motifs is 1. The molecule has 0 radical (unpaired) electrons. The molecule has 2 aliphatic heterocycles. The maximum atomic E-state index is 12.6. The number of nitrogens with two attached hydrogens (primary N) is 1. The number of aliphatic hydroxyl groups excluding tert-OH is 1. The molecule has 27 heavy (non-hydrogen) atoms. The van der Waals surface area contributed by atoms with Gasteiger partial charge in [-0.25, -0.2) is 9.78 Å². The van der Waals surface area contributed by atoms with Crippen molar-refractivity contribution < 1.29 is 29.4 Å². The third-order valence-corrected chi connectivity index (χ3v) is 5.53. The summed E-state index contributed by atoms with van der Waals surface area (Å²) in [6.07, 6.45) is 1.45. The van der Waals surface area contributed by atoms with Gasteiger partial charge in [0.2, 0.25) is 0 Å². The number of amides is 2. The summed E-state index contributed by atoms with van der Waals surface area (Å²) in [5.41, 5.74) is 5.45. The standard InChI is InChI=1S/C14H15N5O6S2/c15-14-16-6(5-27-14)8(18-25-3-2-20)10(21)17-9-11(22)19-7(13(23)24)1-4-26-12(9)19/h1,5,9,12,20H,2-4H2,(H2,15,16)(H,17,21)(H,23,24)/t9?,12-/m0/s1. The number of carbonyl (C=O) groups excluding carboxylic acids is 2. The molecule has 1 aromatic heterocycles. The number of aliphatic carboxylic acids is 1. The summed E-state index contributed by atoms with van der Waals surface area (Å²) in [4.78, 5) is 46.1. The molecule has 1 unspecified atom stereocenters. The van der Waals surface area contributed by atoms with Gasteiger partial charge in [-0.15, -0.1) is 23.1 Å². The number of aliphatic hydroxyl groups is 1. The molecular formula is C14H15N5O6S2. The Morgan fingerprint density at radius 3 is 2.93 bits per heavy atom. The van der Waals surface area contributed by atoms with E-state index in [9.17, 15) is 19.5 Å². The van der Waals surface area contributed by atoms with E-state index in [2.05, 4.69) is 15.5 Å². The molecule has 0 saturated carbocycles. The molecule has 0 aromatic carbocycles. The minimum Gasteiger partial charge on any atom is -0.477 e. The fourth-order valence-corrected chi connectivity index (χ4v) is 4.24. The first-order chi connectivity index (χ1) is 12.9. The second kappa shape index (κ2) is 7.94. The highest BCUT2D eigenvalue weighted by atomic mass is 32.2. The molecule has 5 N–H and O–H groups in total. The van der Waals surface area contributed by atoms with Gasteiger partial charge in [0, 0.05) is 11.1 Å². The molecule has 0 spiro atoms. The van der Waals surface area contributed by atoms with Crippen LogP contribution in [0, 0.1) is 0 Å². The van der Waals surface area contributed by atoms with Crippen molar-refractivity contribution in [2.24, 2.45) is 5.16 Å². The molecule has 0 aliphatic carbocycles. The predicted molar refractivity (Wildman–Crippen MR) is 96.8 cm³/mol. The molecule has 3 heterocycles. The van der Waals surface area contributed by atoms with Gasteiger partial charge in [0.05, 0.1) is 6.61 Å². The Morgan fingerprint density at radius 2 is 2.30 bits per heavy atom. The van der Waals surface area contributed by atoms with E-state index in [1.54, 1.807) is 0 Å². The minimum atomic E-state index is -1.20. The van der Waals surface area contributed by atoms with Gasteiger partial charge >= 0.3 is 5.97 Å². The number of anilines is 1. The summed E-state index contributed by atoms with van der Waals surface area (Å²) in [6.45, 7) is -0.422. The van der Waals surface area contributed by atoms with Gasteiger partial charge in [0.1, 0.15) is 29.4 Å². The topological polar surface area (TPSA) is 167 Å². The van der Waals surface area contributed by atoms with Crippen molar-refractivity contribution in [2.75, 3.05) is 24.7 Å². The second-order valence-electron chi connectivity index (χ2n) is 5.35. The van der Waals surface area contributed by atoms with E-state index in [4.69, 9.17) is 15.7 Å². The summed E-state index contributed by atoms with van der Waals surface area (Å²) in [7, 11) is 0. The van der Waals surface area contributed by atoms with Crippen molar-refractivity contribution in [1.82, 2.24) is 15.2 Å². The van der Waals surface area contributed by atoms with Crippen LogP contribution in [-0.2, 0) is 19.2 Å². The second-order valence-corrected chi connectivity index (χ2v) is 7.38. The van der Waals surface area contributed by atoms with Crippen LogP contribution in [-0.4, -0.2) is 74.0 Å². The van der Waals surface area contributed by atoms with Crippen molar-refractivity contribution in [1.29, 1.82) is 0 Å². The highest BCUT2D eigenvalue weighted by molar-refractivity contribution is 8.00. The van der Waals surface area contributed by atoms with E-state index in [1.165, 1.54) is 23.2 Å². The first kappa shape index (κ1) is 19.1. The number of thioether (sulfide) groups is 1. The summed E-state index contributed by atoms with van der Waals surface area (Å²) >= 11 is 2.43. The van der Waals surface area contributed by atoms with E-state index < -0.39 is 29.2 Å². The smallest absolute Gasteiger partial charge is 0.352 e. The number of thiazole rings is 1. The molecule has 11 nitrogen and oxygen atoms in total. The summed E-state index contributed by atoms with van der Waals surface area (Å²) in [5, 5.41) is 25.4. The van der Waals surface area contributed by atoms with Crippen LogP contribution in [0.4, 0.5) is 5.13 Å². The van der Waals surface area contributed by atoms with Crippen LogP contribution in [0.2, 0.25) is 0 Å². The van der Waals surface area contributed by atoms with Crippen LogP contribution in [0.5, 0.6) is 0 Å². The third-order valence-electron chi connectivity index (χ3n) is 3.67. The molecule has 1 saturated heterocycles. The zero-order valence-corrected chi connectivity index (χ0v) is 15.3. The van der Waals surface area contributed by atoms with E-state index in [0.29, 0.717) is 5.75 Å². The van der Waals surface area contributed by atoms with Crippen molar-refractivity contribution in [2.45, 2.75) is 11.4 Å². The highest BCUT2D eigenvalue weighted by Crippen LogP contribution is 2.37. The zero-order chi connectivity index (χ0) is 19.6. The molecule has 1 fully saturated rings. The molecule has 1 aromatic rings. The number of rotatable bonds is 7. The highest BCUT2D eigenvalue weighted by Gasteiger charge is 2.53. The summed E-state index contributed by atoms with van der Waals surface area (Å²) < 4.78 is 0. The SMILES string of the molecule is Nc1nc(C(=NOCCO)C(=O)NC2C(=O)N3C(C(=O)O)=CCS[C@@H]23)cs1. The number of nitrogen functional groups attached to an aromatic ring is 1. The van der Waals surface area contributed by atoms with Gasteiger partial charge < -0.3 is 26.1 Å². The zero-order valence-electron chi connectivity index (χ0n) is 13.7. The Kier molecular flexibility index (Phi) is 5.62. The van der Waals surface area contributed by atoms with Crippen LogP contribution < -0.4 is 11.1 Å². The monoisotopic (exact) mass is 413 g/mol. The number of hydrogen-bond donors (Lipinski definition) is 4. The van der Waals surface area contributed by atoms with Gasteiger partial charge in [0.25, 0.3) is 11.8 Å². The number of carbonyl (C=O) groups is 3.